The minimum Gasteiger partial charge on any atom is -0.481 e. The van der Waals surface area contributed by atoms with Gasteiger partial charge in [-0.3, -0.25) is 4.79 Å². The maximum absolute atomic E-state index is 13.6. The van der Waals surface area contributed by atoms with Gasteiger partial charge in [0.25, 0.3) is 0 Å². The van der Waals surface area contributed by atoms with Gasteiger partial charge in [0.05, 0.1) is 49.5 Å². The number of benzene rings is 1. The topological polar surface area (TPSA) is 136 Å². The Bertz CT molecular complexity index is 1870. The first-order valence-corrected chi connectivity index (χ1v) is 20.9. The number of hydrogen-bond donors (Lipinski definition) is 2. The van der Waals surface area contributed by atoms with E-state index in [4.69, 9.17) is 25.3 Å². The molecule has 5 aliphatic rings. The Morgan fingerprint density at radius 1 is 1.07 bits per heavy atom. The van der Waals surface area contributed by atoms with Crippen molar-refractivity contribution in [3.63, 3.8) is 0 Å². The van der Waals surface area contributed by atoms with Crippen molar-refractivity contribution in [1.82, 2.24) is 14.8 Å². The molecule has 3 saturated carbocycles. The number of aliphatic carboxylic acids is 1. The van der Waals surface area contributed by atoms with Gasteiger partial charge in [-0.15, -0.1) is 0 Å². The Hall–Kier alpha value is -3.06. The molecule has 1 aliphatic heterocycles. The summed E-state index contributed by atoms with van der Waals surface area (Å²) in [6, 6.07) is 9.66. The minimum atomic E-state index is -0.637. The van der Waals surface area contributed by atoms with Crippen molar-refractivity contribution in [2.24, 2.45) is 67.8 Å². The summed E-state index contributed by atoms with van der Waals surface area (Å²) in [6.07, 6.45) is 9.44. The van der Waals surface area contributed by atoms with Crippen LogP contribution >= 0.6 is 0 Å². The monoisotopic (exact) mass is 754 g/mol. The number of allylic oxidation sites excluding steroid dienone is 1. The van der Waals surface area contributed by atoms with Crippen LogP contribution in [0.15, 0.2) is 42.2 Å². The third kappa shape index (κ3) is 5.73. The number of carbonyl (C=O) groups is 1. The molecule has 0 radical (unpaired) electrons. The number of hydrogen-bond acceptors (Lipinski definition) is 7. The smallest absolute Gasteiger partial charge is 0.307 e. The van der Waals surface area contributed by atoms with Gasteiger partial charge in [0.15, 0.2) is 5.82 Å². The van der Waals surface area contributed by atoms with Crippen molar-refractivity contribution in [3.05, 3.63) is 47.8 Å². The summed E-state index contributed by atoms with van der Waals surface area (Å²) in [5.74, 6) is 0.952. The van der Waals surface area contributed by atoms with Crippen LogP contribution in [0, 0.1) is 73.4 Å². The Labute approximate surface area is 329 Å². The normalized spacial score (nSPS) is 40.1. The molecule has 1 aromatic carbocycles. The molecule has 1 unspecified atom stereocenters. The molecule has 4 fully saturated rings. The van der Waals surface area contributed by atoms with Gasteiger partial charge in [-0.2, -0.15) is 10.4 Å². The van der Waals surface area contributed by atoms with Gasteiger partial charge in [0, 0.05) is 21.9 Å². The molecule has 7 rings (SSSR count). The number of nitriles is 1. The molecule has 0 amide bonds. The highest BCUT2D eigenvalue weighted by atomic mass is 16.5. The van der Waals surface area contributed by atoms with Gasteiger partial charge in [-0.1, -0.05) is 80.9 Å². The summed E-state index contributed by atoms with van der Waals surface area (Å²) in [4.78, 5) is 18.4. The molecule has 9 heteroatoms. The number of fused-ring (bicyclic) bond motifs is 3. The van der Waals surface area contributed by atoms with E-state index < -0.39 is 22.8 Å². The fourth-order valence-electron chi connectivity index (χ4n) is 13.0. The fraction of sp³-hybridized carbons (Fsp3) is 0.739. The SMILES string of the molecule is CC(C)[C@@H](C)[C@@]1(C)CC[C@]2(C)[C@H]3CC[C@H]4C5(C)COC[C@@]4(C[C@@H](n4ncnc4-c4ccc(C#N)cc4)[C@@H]5OC[C@](C)(N)C(C)(C)C)C3=CC[C@@]2(C)[C@@H]1C(=O)O. The Balaban J connectivity index is 1.36. The largest absolute Gasteiger partial charge is 0.481 e. The van der Waals surface area contributed by atoms with Gasteiger partial charge in [-0.05, 0) is 115 Å². The second-order valence-corrected chi connectivity index (χ2v) is 21.2. The van der Waals surface area contributed by atoms with E-state index >= 15 is 0 Å². The molecule has 2 aromatic rings. The summed E-state index contributed by atoms with van der Waals surface area (Å²) >= 11 is 0. The Morgan fingerprint density at radius 2 is 1.76 bits per heavy atom. The lowest BCUT2D eigenvalue weighted by molar-refractivity contribution is -0.253. The number of carboxylic acid groups (broad SMARTS) is 1. The van der Waals surface area contributed by atoms with Crippen LogP contribution in [0.1, 0.15) is 126 Å². The highest BCUT2D eigenvalue weighted by Gasteiger charge is 2.72. The molecule has 1 saturated heterocycles. The van der Waals surface area contributed by atoms with E-state index in [-0.39, 0.29) is 45.1 Å². The maximum atomic E-state index is 13.6. The van der Waals surface area contributed by atoms with Crippen molar-refractivity contribution in [1.29, 1.82) is 5.26 Å². The lowest BCUT2D eigenvalue weighted by atomic mass is 9.34. The first-order valence-electron chi connectivity index (χ1n) is 20.9. The molecular formula is C46H67N5O4. The van der Waals surface area contributed by atoms with Crippen molar-refractivity contribution in [3.8, 4) is 17.5 Å². The van der Waals surface area contributed by atoms with Crippen LogP contribution in [-0.4, -0.2) is 57.3 Å². The van der Waals surface area contributed by atoms with Crippen LogP contribution in [-0.2, 0) is 14.3 Å². The van der Waals surface area contributed by atoms with Crippen molar-refractivity contribution < 1.29 is 19.4 Å². The molecule has 12 atom stereocenters. The van der Waals surface area contributed by atoms with Crippen LogP contribution in [0.3, 0.4) is 0 Å². The Kier molecular flexibility index (Phi) is 9.67. The van der Waals surface area contributed by atoms with Gasteiger partial charge in [-0.25, -0.2) is 9.67 Å². The lowest BCUT2D eigenvalue weighted by Gasteiger charge is -2.71. The van der Waals surface area contributed by atoms with Crippen LogP contribution in [0.25, 0.3) is 11.4 Å². The van der Waals surface area contributed by atoms with Crippen molar-refractivity contribution in [2.45, 2.75) is 132 Å². The van der Waals surface area contributed by atoms with Crippen LogP contribution in [0.5, 0.6) is 0 Å². The van der Waals surface area contributed by atoms with Crippen molar-refractivity contribution in [2.75, 3.05) is 19.8 Å². The molecule has 4 aliphatic carbocycles. The molecule has 2 heterocycles. The highest BCUT2D eigenvalue weighted by molar-refractivity contribution is 5.73. The molecule has 1 aromatic heterocycles. The second kappa shape index (κ2) is 13.2. The van der Waals surface area contributed by atoms with E-state index in [1.165, 1.54) is 5.57 Å². The number of ether oxygens (including phenoxy) is 2. The molecule has 0 spiro atoms. The van der Waals surface area contributed by atoms with E-state index in [9.17, 15) is 15.2 Å². The van der Waals surface area contributed by atoms with Crippen LogP contribution < -0.4 is 5.73 Å². The standard InChI is InChI=1S/C46H67N5O4/c1-28(2)29(3)41(7)20-21-43(9)32-16-17-35-42(8)24-54-26-46(35,33(32)18-19-44(43,10)36(41)39(52)53)22-34(37(42)55-25-45(11,48)40(4,5)6)51-38(49-27-50-51)31-14-12-30(23-47)13-15-31/h12-15,18,27-29,32,34-37H,16-17,19-22,24-26,48H2,1-11H3,(H,52,53)/t29-,32+,34-,35+,36-,37+,41-,42?,43-,44+,45+,46+/m1/s1. The third-order valence-corrected chi connectivity index (χ3v) is 17.5. The lowest BCUT2D eigenvalue weighted by Crippen LogP contribution is -2.69. The van der Waals surface area contributed by atoms with E-state index in [1.54, 1.807) is 6.33 Å². The fourth-order valence-corrected chi connectivity index (χ4v) is 13.0. The van der Waals surface area contributed by atoms with Gasteiger partial charge >= 0.3 is 5.97 Å². The summed E-state index contributed by atoms with van der Waals surface area (Å²) < 4.78 is 16.1. The predicted molar refractivity (Wildman–Crippen MR) is 215 cm³/mol. The zero-order chi connectivity index (χ0) is 40.1. The summed E-state index contributed by atoms with van der Waals surface area (Å²) in [7, 11) is 0. The molecule has 300 valence electrons. The van der Waals surface area contributed by atoms with Crippen LogP contribution in [0.2, 0.25) is 0 Å². The second-order valence-electron chi connectivity index (χ2n) is 21.2. The number of nitrogens with zero attached hydrogens (tertiary/aromatic N) is 4. The number of nitrogens with two attached hydrogens (primary N) is 1. The molecule has 2 bridgehead atoms. The average Bonchev–Trinajstić information content (AvgIpc) is 3.60. The summed E-state index contributed by atoms with van der Waals surface area (Å²) in [5, 5.41) is 25.7. The van der Waals surface area contributed by atoms with E-state index in [1.807, 2.05) is 24.3 Å². The first-order chi connectivity index (χ1) is 25.6. The summed E-state index contributed by atoms with van der Waals surface area (Å²) in [6.45, 7) is 26.4. The van der Waals surface area contributed by atoms with Crippen LogP contribution in [0.4, 0.5) is 0 Å². The van der Waals surface area contributed by atoms with E-state index in [0.29, 0.717) is 43.1 Å². The molecule has 3 N–H and O–H groups in total. The van der Waals surface area contributed by atoms with Gasteiger partial charge in [0.2, 0.25) is 0 Å². The molecular weight excluding hydrogens is 687 g/mol. The van der Waals surface area contributed by atoms with Gasteiger partial charge < -0.3 is 20.3 Å². The Morgan fingerprint density at radius 3 is 2.38 bits per heavy atom. The quantitative estimate of drug-likeness (QED) is 0.255. The maximum Gasteiger partial charge on any atom is 0.307 e. The van der Waals surface area contributed by atoms with Crippen molar-refractivity contribution >= 4 is 5.97 Å². The number of aromatic nitrogens is 3. The minimum absolute atomic E-state index is 0.164. The first kappa shape index (κ1) is 40.1. The average molecular weight is 754 g/mol. The van der Waals surface area contributed by atoms with Gasteiger partial charge in [0.1, 0.15) is 6.33 Å². The van der Waals surface area contributed by atoms with E-state index in [2.05, 4.69) is 93.0 Å². The molecule has 55 heavy (non-hydrogen) atoms. The zero-order valence-electron chi connectivity index (χ0n) is 35.4. The highest BCUT2D eigenvalue weighted by Crippen LogP contribution is 2.75. The molecule has 9 nitrogen and oxygen atoms in total. The third-order valence-electron chi connectivity index (χ3n) is 17.5. The predicted octanol–water partition coefficient (Wildman–Crippen LogP) is 9.10. The zero-order valence-corrected chi connectivity index (χ0v) is 35.4. The van der Waals surface area contributed by atoms with E-state index in [0.717, 1.165) is 49.9 Å². The number of carboxylic acids is 1. The summed E-state index contributed by atoms with van der Waals surface area (Å²) in [5.41, 5.74) is 7.77. The number of rotatable bonds is 8.